The summed E-state index contributed by atoms with van der Waals surface area (Å²) in [5, 5.41) is 3.17. The standard InChI is InChI=1S/C66H49F2N3OSi/c1-40-24-26-44(27-25-40)46-29-33-59-51(35-46)50-31-32-52-62(64(50)72-59)65-70(57-38-47(42-16-9-6-10-17-42)28-30-49(57)45-20-13-8-14-21-45)63-54(67)22-15-23-56(63)71(65)66(52)53-36-48(43-18-11-7-12-19-43)37-55(68)61(53)58-34-41(2)60(39-69(58)66)73(3,4)5/h6-39H,1-5H3/q+2. The van der Waals surface area contributed by atoms with Crippen LogP contribution in [-0.4, -0.2) is 12.6 Å². The van der Waals surface area contributed by atoms with Crippen molar-refractivity contribution in [1.29, 1.82) is 0 Å². The smallest absolute Gasteiger partial charge is 0.365 e. The van der Waals surface area contributed by atoms with Gasteiger partial charge in [0.1, 0.15) is 22.7 Å². The molecule has 7 heteroatoms. The van der Waals surface area contributed by atoms with Crippen LogP contribution in [0, 0.1) is 25.5 Å². The number of imidazole rings is 1. The molecule has 73 heavy (non-hydrogen) atoms. The van der Waals surface area contributed by atoms with Crippen molar-refractivity contribution in [3.05, 3.63) is 240 Å². The highest BCUT2D eigenvalue weighted by atomic mass is 28.3. The SMILES string of the molecule is Cc1ccc(-c2ccc3oc4c5c(ccc4c3c2)C2(c3cc(-c4ccccc4)cc(F)c3-c3cc(C)c([Si](C)(C)C)c[n+]32)[n+]2c-5n(-c3cc(-c4ccccc4)ccc3-c3ccccc3)c3c(F)cccc32)cc1. The van der Waals surface area contributed by atoms with Gasteiger partial charge in [0.2, 0.25) is 11.2 Å². The summed E-state index contributed by atoms with van der Waals surface area (Å²) in [6.45, 7) is 11.3. The topological polar surface area (TPSA) is 25.8 Å². The Morgan fingerprint density at radius 1 is 0.521 bits per heavy atom. The number of hydrogen-bond acceptors (Lipinski definition) is 1. The van der Waals surface area contributed by atoms with Crippen molar-refractivity contribution in [3.63, 3.8) is 0 Å². The summed E-state index contributed by atoms with van der Waals surface area (Å²) in [7, 11) is -2.06. The van der Waals surface area contributed by atoms with Crippen LogP contribution in [0.1, 0.15) is 22.3 Å². The van der Waals surface area contributed by atoms with Gasteiger partial charge in [0.25, 0.3) is 0 Å². The third kappa shape index (κ3) is 6.21. The van der Waals surface area contributed by atoms with E-state index in [1.54, 1.807) is 18.2 Å². The van der Waals surface area contributed by atoms with Crippen LogP contribution < -0.4 is 14.3 Å². The van der Waals surface area contributed by atoms with Crippen molar-refractivity contribution in [2.24, 2.45) is 0 Å². The van der Waals surface area contributed by atoms with Crippen LogP contribution in [0.2, 0.25) is 19.6 Å². The number of pyridine rings is 1. The van der Waals surface area contributed by atoms with Gasteiger partial charge in [-0.3, -0.25) is 0 Å². The Labute approximate surface area is 423 Å². The number of furan rings is 1. The molecule has 2 aliphatic rings. The predicted octanol–water partition coefficient (Wildman–Crippen LogP) is 15.5. The summed E-state index contributed by atoms with van der Waals surface area (Å²) in [4.78, 5) is 0. The molecule has 3 aromatic heterocycles. The second-order valence-electron chi connectivity index (χ2n) is 20.9. The molecule has 0 saturated heterocycles. The van der Waals surface area contributed by atoms with E-state index in [2.05, 4.69) is 163 Å². The van der Waals surface area contributed by atoms with Crippen LogP contribution in [0.4, 0.5) is 8.78 Å². The molecule has 9 aromatic carbocycles. The first-order valence-corrected chi connectivity index (χ1v) is 28.5. The summed E-state index contributed by atoms with van der Waals surface area (Å²) in [6.07, 6.45) is 2.30. The number of benzene rings is 9. The first-order chi connectivity index (χ1) is 35.5. The Balaban J connectivity index is 1.21. The van der Waals surface area contributed by atoms with Gasteiger partial charge in [-0.15, -0.1) is 9.13 Å². The van der Waals surface area contributed by atoms with Crippen LogP contribution >= 0.6 is 0 Å². The predicted molar refractivity (Wildman–Crippen MR) is 294 cm³/mol. The molecule has 350 valence electrons. The van der Waals surface area contributed by atoms with Crippen LogP contribution in [-0.2, 0) is 5.66 Å². The van der Waals surface area contributed by atoms with E-state index in [0.29, 0.717) is 22.2 Å². The zero-order chi connectivity index (χ0) is 49.5. The van der Waals surface area contributed by atoms with Crippen LogP contribution in [0.5, 0.6) is 0 Å². The lowest BCUT2D eigenvalue weighted by Gasteiger charge is -2.23. The Hall–Kier alpha value is -8.52. The van der Waals surface area contributed by atoms with Gasteiger partial charge in [-0.25, -0.2) is 8.78 Å². The number of nitrogens with zero attached hydrogens (tertiary/aromatic N) is 3. The summed E-state index contributed by atoms with van der Waals surface area (Å²) < 4.78 is 49.9. The number of rotatable bonds is 6. The van der Waals surface area contributed by atoms with E-state index in [9.17, 15) is 0 Å². The van der Waals surface area contributed by atoms with Crippen LogP contribution in [0.25, 0.3) is 106 Å². The minimum atomic E-state index is -2.06. The number of aromatic nitrogens is 3. The molecule has 0 amide bonds. The maximum absolute atomic E-state index is 18.0. The molecule has 0 fully saturated rings. The van der Waals surface area contributed by atoms with E-state index in [-0.39, 0.29) is 11.6 Å². The summed E-state index contributed by atoms with van der Waals surface area (Å²) in [5.74, 6) is 0.0370. The molecule has 4 nitrogen and oxygen atoms in total. The van der Waals surface area contributed by atoms with Crippen molar-refractivity contribution < 1.29 is 22.3 Å². The first-order valence-electron chi connectivity index (χ1n) is 25.0. The molecule has 0 bridgehead atoms. The van der Waals surface area contributed by atoms with E-state index < -0.39 is 13.7 Å². The van der Waals surface area contributed by atoms with Crippen LogP contribution in [0.15, 0.2) is 211 Å². The normalized spacial score (nSPS) is 14.6. The first kappa shape index (κ1) is 43.3. The maximum atomic E-state index is 18.0. The fourth-order valence-corrected chi connectivity index (χ4v) is 14.0. The fourth-order valence-electron chi connectivity index (χ4n) is 12.3. The van der Waals surface area contributed by atoms with Gasteiger partial charge in [-0.1, -0.05) is 159 Å². The van der Waals surface area contributed by atoms with E-state index in [0.717, 1.165) is 100 Å². The lowest BCUT2D eigenvalue weighted by molar-refractivity contribution is -0.944. The zero-order valence-electron chi connectivity index (χ0n) is 41.1. The molecule has 0 aliphatic carbocycles. The van der Waals surface area contributed by atoms with Gasteiger partial charge in [0.15, 0.2) is 23.1 Å². The van der Waals surface area contributed by atoms with Crippen molar-refractivity contribution in [3.8, 4) is 72.8 Å². The van der Waals surface area contributed by atoms with Crippen molar-refractivity contribution >= 4 is 46.2 Å². The third-order valence-corrected chi connectivity index (χ3v) is 17.7. The minimum absolute atomic E-state index is 0.317. The highest BCUT2D eigenvalue weighted by Gasteiger charge is 2.68. The molecular weight excluding hydrogens is 917 g/mol. The zero-order valence-corrected chi connectivity index (χ0v) is 42.1. The van der Waals surface area contributed by atoms with Crippen LogP contribution in [0.3, 0.4) is 0 Å². The molecule has 0 saturated carbocycles. The maximum Gasteiger partial charge on any atom is 0.365 e. The van der Waals surface area contributed by atoms with Crippen molar-refractivity contribution in [1.82, 2.24) is 4.57 Å². The average Bonchev–Trinajstić information content (AvgIpc) is 4.13. The van der Waals surface area contributed by atoms with E-state index in [1.165, 1.54) is 10.8 Å². The Morgan fingerprint density at radius 3 is 1.88 bits per heavy atom. The third-order valence-electron chi connectivity index (χ3n) is 15.5. The van der Waals surface area contributed by atoms with E-state index in [4.69, 9.17) is 4.42 Å². The Kier molecular flexibility index (Phi) is 9.33. The molecule has 2 aliphatic heterocycles. The molecule has 14 rings (SSSR count). The van der Waals surface area contributed by atoms with Gasteiger partial charge in [-0.05, 0) is 119 Å². The van der Waals surface area contributed by atoms with E-state index in [1.807, 2.05) is 72.8 Å². The van der Waals surface area contributed by atoms with Crippen molar-refractivity contribution in [2.75, 3.05) is 0 Å². The molecule has 0 radical (unpaired) electrons. The van der Waals surface area contributed by atoms with Gasteiger partial charge < -0.3 is 4.42 Å². The largest absolute Gasteiger partial charge is 0.455 e. The van der Waals surface area contributed by atoms with Gasteiger partial charge >= 0.3 is 11.5 Å². The summed E-state index contributed by atoms with van der Waals surface area (Å²) in [5.41, 5.74) is 15.9. The number of halogens is 2. The lowest BCUT2D eigenvalue weighted by atomic mass is 9.86. The second kappa shape index (κ2) is 15.7. The molecule has 1 atom stereocenters. The average molecular weight is 966 g/mol. The molecule has 12 aromatic rings. The number of hydrogen-bond donors (Lipinski definition) is 0. The highest BCUT2D eigenvalue weighted by Crippen LogP contribution is 2.54. The number of aryl methyl sites for hydroxylation is 2. The minimum Gasteiger partial charge on any atom is -0.455 e. The monoisotopic (exact) mass is 965 g/mol. The second-order valence-corrected chi connectivity index (χ2v) is 25.9. The van der Waals surface area contributed by atoms with Gasteiger partial charge in [0.05, 0.1) is 24.8 Å². The quantitative estimate of drug-likeness (QED) is 0.120. The molecule has 0 N–H and O–H groups in total. The van der Waals surface area contributed by atoms with Gasteiger partial charge in [0, 0.05) is 27.6 Å². The fraction of sp³-hybridized carbons (Fsp3) is 0.0909. The number of fused-ring (bicyclic) bond motifs is 16. The Morgan fingerprint density at radius 2 is 1.16 bits per heavy atom. The highest BCUT2D eigenvalue weighted by molar-refractivity contribution is 6.89. The lowest BCUT2D eigenvalue weighted by Crippen LogP contribution is -2.72. The Bertz CT molecular complexity index is 4270. The molecule has 1 spiro atoms. The molecule has 1 unspecified atom stereocenters. The summed E-state index contributed by atoms with van der Waals surface area (Å²) in [6, 6.07) is 68.1. The number of para-hydroxylation sites is 1. The van der Waals surface area contributed by atoms with E-state index >= 15 is 8.78 Å². The van der Waals surface area contributed by atoms with Gasteiger partial charge in [-0.2, -0.15) is 4.57 Å². The molecular formula is C66H49F2N3OSi+2. The molecule has 5 heterocycles. The van der Waals surface area contributed by atoms with Crippen molar-refractivity contribution in [2.45, 2.75) is 39.2 Å². The summed E-state index contributed by atoms with van der Waals surface area (Å²) >= 11 is 0.